The fraction of sp³-hybridized carbons (Fsp3) is 0.357. The molecule has 0 bridgehead atoms. The molecule has 0 saturated heterocycles. The van der Waals surface area contributed by atoms with E-state index >= 15 is 0 Å². The zero-order valence-corrected chi connectivity index (χ0v) is 12.0. The normalized spacial score (nSPS) is 13.4. The lowest BCUT2D eigenvalue weighted by atomic mass is 10.0. The SMILES string of the molecule is CCNC(c1ccc(C(F)(F)F)cn1)c1ccsc1C. The predicted octanol–water partition coefficient (Wildman–Crippen LogP) is 4.17. The van der Waals surface area contributed by atoms with E-state index in [2.05, 4.69) is 10.3 Å². The summed E-state index contributed by atoms with van der Waals surface area (Å²) < 4.78 is 37.7. The third-order valence-corrected chi connectivity index (χ3v) is 3.89. The van der Waals surface area contributed by atoms with E-state index in [0.29, 0.717) is 12.2 Å². The van der Waals surface area contributed by atoms with Crippen LogP contribution in [0.3, 0.4) is 0 Å². The second kappa shape index (κ2) is 5.93. The van der Waals surface area contributed by atoms with Crippen LogP contribution in [0, 0.1) is 6.92 Å². The van der Waals surface area contributed by atoms with Crippen molar-refractivity contribution in [3.05, 3.63) is 51.5 Å². The number of alkyl halides is 3. The average molecular weight is 300 g/mol. The number of hydrogen-bond acceptors (Lipinski definition) is 3. The average Bonchev–Trinajstić information content (AvgIpc) is 2.81. The van der Waals surface area contributed by atoms with Gasteiger partial charge in [-0.05, 0) is 42.6 Å². The Bertz CT molecular complexity index is 561. The molecule has 2 aromatic rings. The van der Waals surface area contributed by atoms with E-state index in [0.717, 1.165) is 22.7 Å². The molecule has 2 heterocycles. The Hall–Kier alpha value is -1.40. The zero-order valence-electron chi connectivity index (χ0n) is 11.2. The molecule has 0 aliphatic carbocycles. The molecule has 0 aromatic carbocycles. The number of thiophene rings is 1. The van der Waals surface area contributed by atoms with Crippen molar-refractivity contribution in [3.8, 4) is 0 Å². The summed E-state index contributed by atoms with van der Waals surface area (Å²) in [6.07, 6.45) is -3.46. The van der Waals surface area contributed by atoms with Crippen LogP contribution in [0.15, 0.2) is 29.8 Å². The molecule has 0 spiro atoms. The molecule has 1 atom stereocenters. The van der Waals surface area contributed by atoms with E-state index in [1.54, 1.807) is 11.3 Å². The molecule has 0 amide bonds. The Morgan fingerprint density at radius 1 is 1.30 bits per heavy atom. The van der Waals surface area contributed by atoms with Gasteiger partial charge in [-0.15, -0.1) is 11.3 Å². The number of nitrogens with zero attached hydrogens (tertiary/aromatic N) is 1. The highest BCUT2D eigenvalue weighted by atomic mass is 32.1. The van der Waals surface area contributed by atoms with Gasteiger partial charge in [-0.3, -0.25) is 4.98 Å². The number of rotatable bonds is 4. The summed E-state index contributed by atoms with van der Waals surface area (Å²) in [7, 11) is 0. The highest BCUT2D eigenvalue weighted by molar-refractivity contribution is 7.10. The number of aromatic nitrogens is 1. The first kappa shape index (κ1) is 15.0. The van der Waals surface area contributed by atoms with Crippen LogP contribution in [0.2, 0.25) is 0 Å². The maximum Gasteiger partial charge on any atom is 0.417 e. The minimum Gasteiger partial charge on any atom is -0.305 e. The van der Waals surface area contributed by atoms with Gasteiger partial charge >= 0.3 is 6.18 Å². The third kappa shape index (κ3) is 3.19. The van der Waals surface area contributed by atoms with Gasteiger partial charge in [0.2, 0.25) is 0 Å². The minimum atomic E-state index is -4.35. The summed E-state index contributed by atoms with van der Waals surface area (Å²) in [5, 5.41) is 5.23. The van der Waals surface area contributed by atoms with E-state index in [1.807, 2.05) is 25.3 Å². The second-order valence-corrected chi connectivity index (χ2v) is 5.51. The van der Waals surface area contributed by atoms with Crippen molar-refractivity contribution in [1.29, 1.82) is 0 Å². The summed E-state index contributed by atoms with van der Waals surface area (Å²) in [4.78, 5) is 5.12. The van der Waals surface area contributed by atoms with Crippen LogP contribution in [0.1, 0.15) is 34.7 Å². The van der Waals surface area contributed by atoms with Gasteiger partial charge < -0.3 is 5.32 Å². The van der Waals surface area contributed by atoms with Crippen molar-refractivity contribution in [3.63, 3.8) is 0 Å². The summed E-state index contributed by atoms with van der Waals surface area (Å²) >= 11 is 1.61. The maximum atomic E-state index is 12.6. The molecule has 0 radical (unpaired) electrons. The van der Waals surface area contributed by atoms with Crippen LogP contribution in [-0.4, -0.2) is 11.5 Å². The Kier molecular flexibility index (Phi) is 4.45. The Morgan fingerprint density at radius 2 is 2.05 bits per heavy atom. The Labute approximate surface area is 119 Å². The molecule has 0 fully saturated rings. The Morgan fingerprint density at radius 3 is 2.50 bits per heavy atom. The fourth-order valence-corrected chi connectivity index (χ4v) is 2.76. The van der Waals surface area contributed by atoms with Crippen molar-refractivity contribution >= 4 is 11.3 Å². The van der Waals surface area contributed by atoms with Crippen molar-refractivity contribution in [2.45, 2.75) is 26.1 Å². The van der Waals surface area contributed by atoms with Crippen LogP contribution in [0.5, 0.6) is 0 Å². The van der Waals surface area contributed by atoms with E-state index in [1.165, 1.54) is 6.07 Å². The van der Waals surface area contributed by atoms with Crippen LogP contribution in [0.25, 0.3) is 0 Å². The van der Waals surface area contributed by atoms with Gasteiger partial charge in [0.15, 0.2) is 0 Å². The maximum absolute atomic E-state index is 12.6. The summed E-state index contributed by atoms with van der Waals surface area (Å²) in [6, 6.07) is 4.32. The van der Waals surface area contributed by atoms with Crippen LogP contribution in [-0.2, 0) is 6.18 Å². The van der Waals surface area contributed by atoms with Gasteiger partial charge in [0.25, 0.3) is 0 Å². The molecule has 0 aliphatic rings. The van der Waals surface area contributed by atoms with Crippen LogP contribution < -0.4 is 5.32 Å². The molecule has 6 heteroatoms. The Balaban J connectivity index is 2.33. The van der Waals surface area contributed by atoms with Gasteiger partial charge in [0, 0.05) is 11.1 Å². The molecule has 0 saturated carbocycles. The lowest BCUT2D eigenvalue weighted by molar-refractivity contribution is -0.137. The summed E-state index contributed by atoms with van der Waals surface area (Å²) in [5.41, 5.74) is 0.934. The van der Waals surface area contributed by atoms with Gasteiger partial charge in [0.1, 0.15) is 0 Å². The smallest absolute Gasteiger partial charge is 0.305 e. The lowest BCUT2D eigenvalue weighted by Gasteiger charge is -2.18. The van der Waals surface area contributed by atoms with Gasteiger partial charge in [-0.25, -0.2) is 0 Å². The van der Waals surface area contributed by atoms with Gasteiger partial charge in [-0.2, -0.15) is 13.2 Å². The number of pyridine rings is 1. The largest absolute Gasteiger partial charge is 0.417 e. The van der Waals surface area contributed by atoms with E-state index in [-0.39, 0.29) is 6.04 Å². The standard InChI is InChI=1S/C14H15F3N2S/c1-3-18-13(11-6-7-20-9(11)2)12-5-4-10(8-19-12)14(15,16)17/h4-8,13,18H,3H2,1-2H3. The second-order valence-electron chi connectivity index (χ2n) is 4.39. The van der Waals surface area contributed by atoms with E-state index < -0.39 is 11.7 Å². The minimum absolute atomic E-state index is 0.173. The molecule has 0 aliphatic heterocycles. The number of halogens is 3. The summed E-state index contributed by atoms with van der Waals surface area (Å²) in [5.74, 6) is 0. The first-order valence-corrected chi connectivity index (χ1v) is 7.12. The van der Waals surface area contributed by atoms with Gasteiger partial charge in [-0.1, -0.05) is 6.92 Å². The molecule has 2 aromatic heterocycles. The molecule has 2 nitrogen and oxygen atoms in total. The number of hydrogen-bond donors (Lipinski definition) is 1. The lowest BCUT2D eigenvalue weighted by Crippen LogP contribution is -2.23. The molecule has 1 unspecified atom stereocenters. The van der Waals surface area contributed by atoms with E-state index in [9.17, 15) is 13.2 Å². The topological polar surface area (TPSA) is 24.9 Å². The number of nitrogens with one attached hydrogen (secondary N) is 1. The monoisotopic (exact) mass is 300 g/mol. The third-order valence-electron chi connectivity index (χ3n) is 3.03. The van der Waals surface area contributed by atoms with Crippen molar-refractivity contribution < 1.29 is 13.2 Å². The van der Waals surface area contributed by atoms with Crippen LogP contribution >= 0.6 is 11.3 Å². The number of aryl methyl sites for hydroxylation is 1. The van der Waals surface area contributed by atoms with Crippen molar-refractivity contribution in [2.75, 3.05) is 6.54 Å². The highest BCUT2D eigenvalue weighted by Gasteiger charge is 2.31. The predicted molar refractivity (Wildman–Crippen MR) is 73.8 cm³/mol. The molecule has 1 N–H and O–H groups in total. The molecular formula is C14H15F3N2S. The molecule has 20 heavy (non-hydrogen) atoms. The van der Waals surface area contributed by atoms with Crippen molar-refractivity contribution in [2.24, 2.45) is 0 Å². The van der Waals surface area contributed by atoms with E-state index in [4.69, 9.17) is 0 Å². The van der Waals surface area contributed by atoms with Gasteiger partial charge in [0.05, 0.1) is 17.3 Å². The first-order chi connectivity index (χ1) is 9.43. The fourth-order valence-electron chi connectivity index (χ4n) is 2.02. The molecular weight excluding hydrogens is 285 g/mol. The van der Waals surface area contributed by atoms with Crippen molar-refractivity contribution in [1.82, 2.24) is 10.3 Å². The zero-order chi connectivity index (χ0) is 14.8. The molecule has 108 valence electrons. The van der Waals surface area contributed by atoms with Crippen LogP contribution in [0.4, 0.5) is 13.2 Å². The highest BCUT2D eigenvalue weighted by Crippen LogP contribution is 2.31. The quantitative estimate of drug-likeness (QED) is 0.916. The molecule has 2 rings (SSSR count). The summed E-state index contributed by atoms with van der Waals surface area (Å²) in [6.45, 7) is 4.66. The first-order valence-electron chi connectivity index (χ1n) is 6.24.